The number of carbonyl (C=O) groups is 2. The fourth-order valence-corrected chi connectivity index (χ4v) is 3.37. The summed E-state index contributed by atoms with van der Waals surface area (Å²) in [4.78, 5) is 25.8. The van der Waals surface area contributed by atoms with E-state index in [4.69, 9.17) is 0 Å². The molecule has 26 heavy (non-hydrogen) atoms. The topological polar surface area (TPSA) is 58.2 Å². The number of hydrogen-bond donors (Lipinski definition) is 2. The van der Waals surface area contributed by atoms with Crippen molar-refractivity contribution in [1.29, 1.82) is 0 Å². The highest BCUT2D eigenvalue weighted by molar-refractivity contribution is 8.04. The van der Waals surface area contributed by atoms with Gasteiger partial charge in [-0.25, -0.2) is 4.39 Å². The maximum absolute atomic E-state index is 13.8. The average molecular weight is 370 g/mol. The molecule has 2 aromatic carbocycles. The van der Waals surface area contributed by atoms with Gasteiger partial charge in [-0.1, -0.05) is 36.9 Å². The third-order valence-electron chi connectivity index (χ3n) is 4.12. The molecule has 0 bridgehead atoms. The first kappa shape index (κ1) is 18.2. The second-order valence-corrected chi connectivity index (χ2v) is 7.16. The number of carbonyl (C=O) groups excluding carboxylic acids is 2. The molecule has 1 aliphatic heterocycles. The van der Waals surface area contributed by atoms with E-state index in [9.17, 15) is 14.0 Å². The van der Waals surface area contributed by atoms with Crippen LogP contribution in [0.4, 0.5) is 10.1 Å². The maximum atomic E-state index is 13.8. The van der Waals surface area contributed by atoms with Gasteiger partial charge in [0, 0.05) is 22.1 Å². The predicted octanol–water partition coefficient (Wildman–Crippen LogP) is 4.44. The highest BCUT2D eigenvalue weighted by Crippen LogP contribution is 2.39. The van der Waals surface area contributed by atoms with Crippen molar-refractivity contribution in [3.63, 3.8) is 0 Å². The molecule has 1 heterocycles. The monoisotopic (exact) mass is 370 g/mol. The van der Waals surface area contributed by atoms with Crippen molar-refractivity contribution in [3.05, 3.63) is 64.3 Å². The van der Waals surface area contributed by atoms with Gasteiger partial charge in [0.15, 0.2) is 0 Å². The zero-order valence-electron chi connectivity index (χ0n) is 14.5. The lowest BCUT2D eigenvalue weighted by Gasteiger charge is -2.20. The Morgan fingerprint density at radius 2 is 2.08 bits per heavy atom. The van der Waals surface area contributed by atoms with E-state index < -0.39 is 0 Å². The number of nitrogens with one attached hydrogen (secondary N) is 2. The molecule has 0 saturated heterocycles. The molecule has 1 atom stereocenters. The minimum Gasteiger partial charge on any atom is -0.350 e. The van der Waals surface area contributed by atoms with Gasteiger partial charge in [0.2, 0.25) is 0 Å². The zero-order valence-corrected chi connectivity index (χ0v) is 15.3. The largest absolute Gasteiger partial charge is 0.350 e. The molecule has 1 aliphatic rings. The number of fused-ring (bicyclic) bond motifs is 1. The summed E-state index contributed by atoms with van der Waals surface area (Å²) in [6.45, 7) is 3.94. The van der Waals surface area contributed by atoms with E-state index in [2.05, 4.69) is 10.6 Å². The number of thioether (sulfide) groups is 1. The summed E-state index contributed by atoms with van der Waals surface area (Å²) in [6, 6.07) is 11.6. The van der Waals surface area contributed by atoms with E-state index in [-0.39, 0.29) is 23.7 Å². The van der Waals surface area contributed by atoms with E-state index in [1.165, 1.54) is 23.9 Å². The molecule has 0 saturated carbocycles. The first-order chi connectivity index (χ1) is 12.5. The SMILES string of the molecule is CCC(C)NC(=O)c1ccc2c(c1)NC(=O)/C(=C\c1ccccc1F)S2. The minimum absolute atomic E-state index is 0.0813. The summed E-state index contributed by atoms with van der Waals surface area (Å²) in [5.74, 6) is -0.865. The number of amides is 2. The van der Waals surface area contributed by atoms with Crippen LogP contribution in [0, 0.1) is 5.82 Å². The molecule has 2 aromatic rings. The number of anilines is 1. The second-order valence-electron chi connectivity index (χ2n) is 6.08. The van der Waals surface area contributed by atoms with E-state index in [1.54, 1.807) is 36.4 Å². The summed E-state index contributed by atoms with van der Waals surface area (Å²) in [5, 5.41) is 5.68. The molecule has 0 spiro atoms. The van der Waals surface area contributed by atoms with Crippen LogP contribution in [0.1, 0.15) is 36.2 Å². The molecule has 6 heteroatoms. The standard InChI is InChI=1S/C20H19FN2O2S/c1-3-12(2)22-19(24)14-8-9-17-16(10-14)23-20(25)18(26-17)11-13-6-4-5-7-15(13)21/h4-12H,3H2,1-2H3,(H,22,24)(H,23,25)/b18-11+. The molecule has 0 radical (unpaired) electrons. The second kappa shape index (κ2) is 7.74. The highest BCUT2D eigenvalue weighted by Gasteiger charge is 2.22. The average Bonchev–Trinajstić information content (AvgIpc) is 2.63. The van der Waals surface area contributed by atoms with E-state index in [0.29, 0.717) is 21.7 Å². The molecule has 2 amide bonds. The van der Waals surface area contributed by atoms with Crippen LogP contribution >= 0.6 is 11.8 Å². The summed E-state index contributed by atoms with van der Waals surface area (Å²) in [6.07, 6.45) is 2.37. The normalized spacial score (nSPS) is 16.0. The Morgan fingerprint density at radius 3 is 2.81 bits per heavy atom. The van der Waals surface area contributed by atoms with Gasteiger partial charge < -0.3 is 10.6 Å². The van der Waals surface area contributed by atoms with Crippen LogP contribution in [0.25, 0.3) is 6.08 Å². The van der Waals surface area contributed by atoms with Crippen LogP contribution in [-0.2, 0) is 4.79 Å². The van der Waals surface area contributed by atoms with Crippen LogP contribution in [0.15, 0.2) is 52.3 Å². The van der Waals surface area contributed by atoms with Gasteiger partial charge in [-0.15, -0.1) is 0 Å². The highest BCUT2D eigenvalue weighted by atomic mass is 32.2. The van der Waals surface area contributed by atoms with Crippen molar-refractivity contribution in [2.24, 2.45) is 0 Å². The molecule has 134 valence electrons. The number of rotatable bonds is 4. The first-order valence-electron chi connectivity index (χ1n) is 8.38. The van der Waals surface area contributed by atoms with Gasteiger partial charge in [0.1, 0.15) is 5.82 Å². The number of benzene rings is 2. The van der Waals surface area contributed by atoms with Crippen molar-refractivity contribution >= 4 is 35.3 Å². The molecule has 0 aliphatic carbocycles. The van der Waals surface area contributed by atoms with Crippen molar-refractivity contribution in [3.8, 4) is 0 Å². The van der Waals surface area contributed by atoms with Crippen molar-refractivity contribution in [2.45, 2.75) is 31.2 Å². The fraction of sp³-hybridized carbons (Fsp3) is 0.200. The minimum atomic E-state index is -0.378. The first-order valence-corrected chi connectivity index (χ1v) is 9.20. The Balaban J connectivity index is 1.84. The van der Waals surface area contributed by atoms with Crippen LogP contribution in [-0.4, -0.2) is 17.9 Å². The Kier molecular flexibility index (Phi) is 5.42. The Hall–Kier alpha value is -2.60. The number of hydrogen-bond acceptors (Lipinski definition) is 3. The third kappa shape index (κ3) is 3.96. The summed E-state index contributed by atoms with van der Waals surface area (Å²) in [5.41, 5.74) is 1.44. The third-order valence-corrected chi connectivity index (χ3v) is 5.21. The molecular weight excluding hydrogens is 351 g/mol. The van der Waals surface area contributed by atoms with E-state index in [0.717, 1.165) is 11.3 Å². The lowest BCUT2D eigenvalue weighted by molar-refractivity contribution is -0.112. The quantitative estimate of drug-likeness (QED) is 0.783. The van der Waals surface area contributed by atoms with E-state index >= 15 is 0 Å². The van der Waals surface area contributed by atoms with E-state index in [1.807, 2.05) is 13.8 Å². The Morgan fingerprint density at radius 1 is 1.31 bits per heavy atom. The zero-order chi connectivity index (χ0) is 18.7. The molecule has 0 fully saturated rings. The summed E-state index contributed by atoms with van der Waals surface area (Å²) in [7, 11) is 0. The van der Waals surface area contributed by atoms with Gasteiger partial charge in [-0.3, -0.25) is 9.59 Å². The molecule has 0 aromatic heterocycles. The number of halogens is 1. The van der Waals surface area contributed by atoms with Gasteiger partial charge in [0.05, 0.1) is 10.6 Å². The fourth-order valence-electron chi connectivity index (χ4n) is 2.44. The van der Waals surface area contributed by atoms with Crippen molar-refractivity contribution < 1.29 is 14.0 Å². The summed E-state index contributed by atoms with van der Waals surface area (Å²) < 4.78 is 13.8. The summed E-state index contributed by atoms with van der Waals surface area (Å²) >= 11 is 1.26. The van der Waals surface area contributed by atoms with Gasteiger partial charge >= 0.3 is 0 Å². The Bertz CT molecular complexity index is 895. The molecule has 4 nitrogen and oxygen atoms in total. The molecular formula is C20H19FN2O2S. The van der Waals surface area contributed by atoms with Gasteiger partial charge in [0.25, 0.3) is 11.8 Å². The Labute approximate surface area is 155 Å². The van der Waals surface area contributed by atoms with Crippen LogP contribution < -0.4 is 10.6 Å². The lowest BCUT2D eigenvalue weighted by Crippen LogP contribution is -2.32. The van der Waals surface area contributed by atoms with Crippen LogP contribution in [0.5, 0.6) is 0 Å². The smallest absolute Gasteiger partial charge is 0.262 e. The van der Waals surface area contributed by atoms with Crippen LogP contribution in [0.3, 0.4) is 0 Å². The van der Waals surface area contributed by atoms with Crippen molar-refractivity contribution in [2.75, 3.05) is 5.32 Å². The molecule has 3 rings (SSSR count). The lowest BCUT2D eigenvalue weighted by atomic mass is 10.1. The molecule has 1 unspecified atom stereocenters. The molecule has 2 N–H and O–H groups in total. The van der Waals surface area contributed by atoms with Crippen molar-refractivity contribution in [1.82, 2.24) is 5.32 Å². The predicted molar refractivity (Wildman–Crippen MR) is 103 cm³/mol. The van der Waals surface area contributed by atoms with Gasteiger partial charge in [-0.2, -0.15) is 0 Å². The van der Waals surface area contributed by atoms with Crippen LogP contribution in [0.2, 0.25) is 0 Å². The maximum Gasteiger partial charge on any atom is 0.262 e. The van der Waals surface area contributed by atoms with Gasteiger partial charge in [-0.05, 0) is 43.7 Å².